The quantitative estimate of drug-likeness (QED) is 0.243. The highest BCUT2D eigenvalue weighted by Gasteiger charge is 2.42. The van der Waals surface area contributed by atoms with Crippen molar-refractivity contribution in [1.82, 2.24) is 24.4 Å². The first kappa shape index (κ1) is 29.2. The predicted octanol–water partition coefficient (Wildman–Crippen LogP) is 5.86. The molecular weight excluding hydrogens is 610 g/mol. The third-order valence-corrected chi connectivity index (χ3v) is 9.08. The summed E-state index contributed by atoms with van der Waals surface area (Å²) in [7, 11) is 0. The zero-order valence-corrected chi connectivity index (χ0v) is 25.1. The second-order valence-corrected chi connectivity index (χ2v) is 12.0. The summed E-state index contributed by atoms with van der Waals surface area (Å²) in [4.78, 5) is 40.8. The molecule has 14 heteroatoms. The molecule has 11 nitrogen and oxygen atoms in total. The molecule has 2 saturated heterocycles. The predicted molar refractivity (Wildman–Crippen MR) is 162 cm³/mol. The molecule has 0 unspecified atom stereocenters. The normalized spacial score (nSPS) is 22.3. The summed E-state index contributed by atoms with van der Waals surface area (Å²) in [5, 5.41) is 11.3. The van der Waals surface area contributed by atoms with Crippen LogP contribution >= 0.6 is 11.6 Å². The third-order valence-electron chi connectivity index (χ3n) is 8.77. The molecule has 0 saturated carbocycles. The fraction of sp³-hybridized carbons (Fsp3) is 0.387. The van der Waals surface area contributed by atoms with E-state index in [1.807, 2.05) is 15.5 Å². The lowest BCUT2D eigenvalue weighted by molar-refractivity contribution is -0.138. The molecule has 1 N–H and O–H groups in total. The molecule has 45 heavy (non-hydrogen) atoms. The topological polar surface area (TPSA) is 127 Å². The molecule has 5 aromatic rings. The molecule has 5 heterocycles. The van der Waals surface area contributed by atoms with E-state index in [1.165, 1.54) is 4.90 Å². The van der Waals surface area contributed by atoms with Crippen molar-refractivity contribution in [2.45, 2.75) is 51.3 Å². The van der Waals surface area contributed by atoms with Gasteiger partial charge in [0.2, 0.25) is 5.91 Å². The maximum atomic E-state index is 14.0. The highest BCUT2D eigenvalue weighted by Crippen LogP contribution is 2.41. The highest BCUT2D eigenvalue weighted by molar-refractivity contribution is 6.35. The zero-order chi connectivity index (χ0) is 31.6. The average molecular weight is 639 g/mol. The van der Waals surface area contributed by atoms with Gasteiger partial charge >= 0.3 is 5.97 Å². The minimum Gasteiger partial charge on any atom is -0.480 e. The molecule has 2 fully saturated rings. The first-order valence-electron chi connectivity index (χ1n) is 14.7. The van der Waals surface area contributed by atoms with Gasteiger partial charge in [0.15, 0.2) is 17.2 Å². The minimum absolute atomic E-state index is 0.00864. The summed E-state index contributed by atoms with van der Waals surface area (Å²) >= 11 is 6.68. The van der Waals surface area contributed by atoms with Gasteiger partial charge in [-0.1, -0.05) is 36.7 Å². The smallest absolute Gasteiger partial charge is 0.326 e. The number of fused-ring (bicyclic) bond motifs is 4. The monoisotopic (exact) mass is 638 g/mol. The van der Waals surface area contributed by atoms with E-state index in [1.54, 1.807) is 43.3 Å². The number of carboxylic acids is 1. The van der Waals surface area contributed by atoms with Crippen molar-refractivity contribution in [1.29, 1.82) is 0 Å². The van der Waals surface area contributed by atoms with Gasteiger partial charge in [0.05, 0.1) is 22.6 Å². The lowest BCUT2D eigenvalue weighted by Crippen LogP contribution is -2.42. The second-order valence-electron chi connectivity index (χ2n) is 11.6. The molecule has 0 spiro atoms. The van der Waals surface area contributed by atoms with Crippen LogP contribution in [0.1, 0.15) is 45.0 Å². The van der Waals surface area contributed by atoms with Crippen LogP contribution in [0.4, 0.5) is 14.6 Å². The first-order valence-corrected chi connectivity index (χ1v) is 15.0. The molecule has 2 aromatic carbocycles. The molecule has 0 bridgehead atoms. The summed E-state index contributed by atoms with van der Waals surface area (Å²) in [5.41, 5.74) is 2.03. The number of piperidine rings is 1. The van der Waals surface area contributed by atoms with Gasteiger partial charge in [0.25, 0.3) is 12.4 Å². The summed E-state index contributed by atoms with van der Waals surface area (Å²) in [6.07, 6.45) is -3.01. The lowest BCUT2D eigenvalue weighted by Gasteiger charge is -2.38. The summed E-state index contributed by atoms with van der Waals surface area (Å²) < 4.78 is 42.4. The average Bonchev–Trinajstić information content (AvgIpc) is 3.70. The number of aliphatic carboxylic acids is 1. The Morgan fingerprint density at radius 2 is 1.91 bits per heavy atom. The number of rotatable bonds is 6. The number of benzene rings is 2. The highest BCUT2D eigenvalue weighted by atomic mass is 35.5. The van der Waals surface area contributed by atoms with E-state index in [-0.39, 0.29) is 53.8 Å². The Balaban J connectivity index is 1.28. The SMILES string of the molecule is CC(=O)N1CC[C@H](n2c(O[C@H]3C[C@@H](C(=O)O)N(c4nc(C(F)F)nc5c4oc4ccccc45)C3)nc3cccc(Cl)c32)[C@@H](C)C1. The Kier molecular flexibility index (Phi) is 7.22. The lowest BCUT2D eigenvalue weighted by atomic mass is 9.93. The van der Waals surface area contributed by atoms with E-state index >= 15 is 0 Å². The van der Waals surface area contributed by atoms with Crippen molar-refractivity contribution in [3.8, 4) is 6.01 Å². The Bertz CT molecular complexity index is 1960. The van der Waals surface area contributed by atoms with Gasteiger partial charge in [0, 0.05) is 37.9 Å². The van der Waals surface area contributed by atoms with Crippen LogP contribution in [0.5, 0.6) is 6.01 Å². The maximum Gasteiger partial charge on any atom is 0.326 e. The minimum atomic E-state index is -2.99. The number of nitrogens with zero attached hydrogens (tertiary/aromatic N) is 6. The van der Waals surface area contributed by atoms with Crippen LogP contribution in [0.2, 0.25) is 5.02 Å². The molecule has 0 aliphatic carbocycles. The summed E-state index contributed by atoms with van der Waals surface area (Å²) in [5.74, 6) is -1.87. The number of carboxylic acid groups (broad SMARTS) is 1. The molecule has 234 valence electrons. The van der Waals surface area contributed by atoms with Crippen LogP contribution in [0.15, 0.2) is 46.9 Å². The summed E-state index contributed by atoms with van der Waals surface area (Å²) in [6.45, 7) is 4.72. The fourth-order valence-electron chi connectivity index (χ4n) is 6.66. The molecule has 3 aromatic heterocycles. The number of ether oxygens (including phenoxy) is 1. The molecular formula is C31H29ClF2N6O5. The largest absolute Gasteiger partial charge is 0.480 e. The number of carbonyl (C=O) groups excluding carboxylic acids is 1. The van der Waals surface area contributed by atoms with Crippen molar-refractivity contribution < 1.29 is 32.6 Å². The number of likely N-dealkylation sites (tertiary alicyclic amines) is 1. The van der Waals surface area contributed by atoms with Crippen LogP contribution in [-0.2, 0) is 9.59 Å². The molecule has 2 aliphatic heterocycles. The number of amides is 1. The third kappa shape index (κ3) is 4.98. The fourth-order valence-corrected chi connectivity index (χ4v) is 6.92. The van der Waals surface area contributed by atoms with Crippen LogP contribution in [0, 0.1) is 5.92 Å². The van der Waals surface area contributed by atoms with Crippen molar-refractivity contribution in [2.75, 3.05) is 24.5 Å². The van der Waals surface area contributed by atoms with Crippen LogP contribution in [0.25, 0.3) is 33.1 Å². The number of furan rings is 1. The number of halogens is 3. The van der Waals surface area contributed by atoms with E-state index in [0.29, 0.717) is 46.5 Å². The van der Waals surface area contributed by atoms with Gasteiger partial charge < -0.3 is 24.1 Å². The van der Waals surface area contributed by atoms with E-state index in [2.05, 4.69) is 16.9 Å². The van der Waals surface area contributed by atoms with Crippen molar-refractivity contribution in [3.63, 3.8) is 0 Å². The number of aromatic nitrogens is 4. The van der Waals surface area contributed by atoms with E-state index in [4.69, 9.17) is 25.7 Å². The van der Waals surface area contributed by atoms with Gasteiger partial charge in [-0.25, -0.2) is 23.5 Å². The Morgan fingerprint density at radius 1 is 1.11 bits per heavy atom. The van der Waals surface area contributed by atoms with E-state index in [9.17, 15) is 23.5 Å². The maximum absolute atomic E-state index is 14.0. The van der Waals surface area contributed by atoms with Crippen LogP contribution in [-0.4, -0.2) is 73.2 Å². The Labute approximate surface area is 260 Å². The first-order chi connectivity index (χ1) is 21.6. The van der Waals surface area contributed by atoms with E-state index < -0.39 is 30.4 Å². The molecule has 1 amide bonds. The van der Waals surface area contributed by atoms with Crippen LogP contribution < -0.4 is 9.64 Å². The number of para-hydroxylation sites is 2. The number of imidazole rings is 1. The molecule has 0 radical (unpaired) electrons. The van der Waals surface area contributed by atoms with Gasteiger partial charge in [-0.2, -0.15) is 4.98 Å². The summed E-state index contributed by atoms with van der Waals surface area (Å²) in [6, 6.07) is 11.3. The van der Waals surface area contributed by atoms with Gasteiger partial charge in [-0.05, 0) is 36.6 Å². The molecule has 7 rings (SSSR count). The number of hydrogen-bond acceptors (Lipinski definition) is 8. The number of anilines is 1. The second kappa shape index (κ2) is 11.1. The standard InChI is InChI=1S/C31H29ClF2N6O5/c1-15-13-38(16(2)41)11-10-21(15)40-25-19(32)7-5-8-20(25)35-31(40)44-17-12-22(30(42)43)39(14-17)29-26-24(36-28(37-29)27(33)34)18-6-3-4-9-23(18)45-26/h3-9,15,17,21-22,27H,10-14H2,1-2H3,(H,42,43)/t15-,17-,21-,22-/m0/s1. The Morgan fingerprint density at radius 3 is 2.64 bits per heavy atom. The Hall–Kier alpha value is -4.52. The van der Waals surface area contributed by atoms with Crippen LogP contribution in [0.3, 0.4) is 0 Å². The zero-order valence-electron chi connectivity index (χ0n) is 24.4. The van der Waals surface area contributed by atoms with E-state index in [0.717, 1.165) is 0 Å². The number of alkyl halides is 2. The van der Waals surface area contributed by atoms with Crippen molar-refractivity contribution in [2.24, 2.45) is 5.92 Å². The molecule has 4 atom stereocenters. The van der Waals surface area contributed by atoms with Crippen molar-refractivity contribution >= 4 is 62.4 Å². The molecule has 2 aliphatic rings. The number of hydrogen-bond donors (Lipinski definition) is 1. The van der Waals surface area contributed by atoms with Crippen molar-refractivity contribution in [3.05, 3.63) is 53.3 Å². The van der Waals surface area contributed by atoms with Gasteiger partial charge in [-0.3, -0.25) is 9.36 Å². The van der Waals surface area contributed by atoms with Gasteiger partial charge in [0.1, 0.15) is 23.2 Å². The number of carbonyl (C=O) groups is 2. The van der Waals surface area contributed by atoms with Gasteiger partial charge in [-0.15, -0.1) is 0 Å².